The van der Waals surface area contributed by atoms with Gasteiger partial charge >= 0.3 is 23.9 Å². The van der Waals surface area contributed by atoms with Crippen molar-refractivity contribution >= 4 is 101 Å². The van der Waals surface area contributed by atoms with E-state index in [4.69, 9.17) is 0 Å². The Hall–Kier alpha value is -12.7. The normalized spacial score (nSPS) is 11.6. The fourth-order valence-electron chi connectivity index (χ4n) is 8.90. The molecule has 13 heteroatoms. The highest BCUT2D eigenvalue weighted by Crippen LogP contribution is 2.37. The lowest BCUT2D eigenvalue weighted by molar-refractivity contribution is -0.133. The predicted molar refractivity (Wildman–Crippen MR) is 335 cm³/mol. The molecule has 0 saturated heterocycles. The number of carboxylic acid groups (broad SMARTS) is 4. The lowest BCUT2D eigenvalue weighted by atomic mass is 9.93. The van der Waals surface area contributed by atoms with Crippen molar-refractivity contribution in [1.82, 2.24) is 0 Å². The van der Waals surface area contributed by atoms with Gasteiger partial charge in [0.15, 0.2) is 0 Å². The van der Waals surface area contributed by atoms with Crippen LogP contribution in [0.1, 0.15) is 72.3 Å². The number of carbonyl (C=O) groups is 4. The maximum atomic E-state index is 11.6. The third-order valence-corrected chi connectivity index (χ3v) is 13.4. The summed E-state index contributed by atoms with van der Waals surface area (Å²) in [6.07, 6.45) is 17.2. The molecule has 0 aliphatic carbocycles. The van der Waals surface area contributed by atoms with E-state index in [1.54, 1.807) is 72.8 Å². The van der Waals surface area contributed by atoms with Gasteiger partial charge in [-0.1, -0.05) is 188 Å². The van der Waals surface area contributed by atoms with Gasteiger partial charge in [0, 0.05) is 17.1 Å². The van der Waals surface area contributed by atoms with Crippen LogP contribution < -0.4 is 4.90 Å². The number of carboxylic acids is 4. The SMILES string of the molecule is Cc1ccc(/C=C/C=C/c2ccc(N(c3ccc(C=C(c4ccc(/C=C(\C#N)C(=O)O)cc4)c4ccc(/C=C(\C#N)C(=O)O)cc4)cc3)c3ccc(C=C(c4ccc(/C=C(\C#N)C(=O)O)cc4)c4ccc(/C=C(\C#N)C(=O)O)cc4)cc3)cc2)cc1. The molecule has 0 fully saturated rings. The Labute approximate surface area is 496 Å². The largest absolute Gasteiger partial charge is 0.477 e. The van der Waals surface area contributed by atoms with Crippen LogP contribution >= 0.6 is 0 Å². The summed E-state index contributed by atoms with van der Waals surface area (Å²) in [5, 5.41) is 75.4. The molecule has 0 heterocycles. The predicted octanol–water partition coefficient (Wildman–Crippen LogP) is 15.3. The molecule has 86 heavy (non-hydrogen) atoms. The number of benzene rings is 8. The Morgan fingerprint density at radius 2 is 0.523 bits per heavy atom. The fourth-order valence-corrected chi connectivity index (χ4v) is 8.90. The molecule has 0 unspecified atom stereocenters. The minimum absolute atomic E-state index is 0.418. The van der Waals surface area contributed by atoms with Gasteiger partial charge in [0.05, 0.1) is 0 Å². The second-order valence-electron chi connectivity index (χ2n) is 19.2. The van der Waals surface area contributed by atoms with E-state index >= 15 is 0 Å². The van der Waals surface area contributed by atoms with Crippen LogP contribution in [-0.2, 0) is 19.2 Å². The van der Waals surface area contributed by atoms with Gasteiger partial charge < -0.3 is 25.3 Å². The van der Waals surface area contributed by atoms with Crippen molar-refractivity contribution in [3.05, 3.63) is 301 Å². The molecule has 8 aromatic carbocycles. The highest BCUT2D eigenvalue weighted by Gasteiger charge is 2.16. The van der Waals surface area contributed by atoms with Crippen molar-refractivity contribution in [2.45, 2.75) is 6.92 Å². The monoisotopic (exact) mass is 1120 g/mol. The van der Waals surface area contributed by atoms with Crippen molar-refractivity contribution in [2.24, 2.45) is 0 Å². The summed E-state index contributed by atoms with van der Waals surface area (Å²) < 4.78 is 0. The molecule has 0 atom stereocenters. The number of hydrogen-bond acceptors (Lipinski definition) is 9. The van der Waals surface area contributed by atoms with E-state index in [0.717, 1.165) is 72.7 Å². The lowest BCUT2D eigenvalue weighted by Crippen LogP contribution is -2.09. The Bertz CT molecular complexity index is 3910. The first kappa shape index (κ1) is 59.4. The Kier molecular flexibility index (Phi) is 19.5. The van der Waals surface area contributed by atoms with Gasteiger partial charge in [-0.2, -0.15) is 21.0 Å². The quantitative estimate of drug-likeness (QED) is 0.0240. The van der Waals surface area contributed by atoms with Gasteiger partial charge in [-0.25, -0.2) is 19.2 Å². The zero-order valence-corrected chi connectivity index (χ0v) is 45.9. The molecule has 4 N–H and O–H groups in total. The molecule has 0 aliphatic rings. The molecule has 0 radical (unpaired) electrons. The van der Waals surface area contributed by atoms with E-state index in [9.17, 15) is 60.7 Å². The molecule has 0 bridgehead atoms. The molecule has 0 saturated carbocycles. The van der Waals surface area contributed by atoms with Crippen LogP contribution in [-0.4, -0.2) is 44.3 Å². The molecular weight excluding hydrogens is 1070 g/mol. The third kappa shape index (κ3) is 15.6. The minimum atomic E-state index is -1.35. The summed E-state index contributed by atoms with van der Waals surface area (Å²) in [7, 11) is 0. The van der Waals surface area contributed by atoms with Crippen molar-refractivity contribution in [1.29, 1.82) is 21.0 Å². The molecule has 8 aromatic rings. The lowest BCUT2D eigenvalue weighted by Gasteiger charge is -2.26. The molecule has 0 spiro atoms. The maximum absolute atomic E-state index is 11.6. The second kappa shape index (κ2) is 28.1. The van der Waals surface area contributed by atoms with Crippen LogP contribution in [0.3, 0.4) is 0 Å². The van der Waals surface area contributed by atoms with Gasteiger partial charge in [-0.05, 0) is 158 Å². The van der Waals surface area contributed by atoms with Crippen LogP contribution in [0.5, 0.6) is 0 Å². The Morgan fingerprint density at radius 3 is 0.756 bits per heavy atom. The standard InChI is InChI=1S/C73H49N5O8/c1-48-6-8-49(9-7-48)4-2-3-5-50-18-32-65(33-19-50)78(66-34-20-55(21-35-66)42-68(57-24-10-51(11-25-57)38-61(44-74)70(79)80)58-26-12-52(13-27-58)39-62(45-75)71(81)82)67-36-22-56(23-37-67)43-69(59-28-14-53(15-29-59)40-63(46-76)72(83)84)60-30-16-54(17-31-60)41-64(47-77)73(85)86/h2-43H,1H3,(H,79,80)(H,81,82)(H,83,84)(H,85,86)/b4-2+,5-3+,61-38+,62-39+,63-40+,64-41+. The average molecular weight is 1120 g/mol. The number of aryl methyl sites for hydroxylation is 1. The van der Waals surface area contributed by atoms with Crippen molar-refractivity contribution in [3.63, 3.8) is 0 Å². The number of nitriles is 4. The highest BCUT2D eigenvalue weighted by atomic mass is 16.4. The molecule has 0 aliphatic heterocycles. The van der Waals surface area contributed by atoms with E-state index in [1.807, 2.05) is 165 Å². The third-order valence-electron chi connectivity index (χ3n) is 13.4. The van der Waals surface area contributed by atoms with Crippen LogP contribution in [0.15, 0.2) is 229 Å². The summed E-state index contributed by atoms with van der Waals surface area (Å²) >= 11 is 0. The molecular formula is C73H49N5O8. The number of allylic oxidation sites excluding steroid dienone is 2. The van der Waals surface area contributed by atoms with Crippen LogP contribution in [0.25, 0.3) is 59.8 Å². The number of aliphatic carboxylic acids is 4. The van der Waals surface area contributed by atoms with E-state index < -0.39 is 46.2 Å². The van der Waals surface area contributed by atoms with Gasteiger partial charge in [-0.15, -0.1) is 0 Å². The molecule has 0 amide bonds. The summed E-state index contributed by atoms with van der Waals surface area (Å²) in [6.45, 7) is 2.05. The van der Waals surface area contributed by atoms with Crippen molar-refractivity contribution < 1.29 is 39.6 Å². The molecule has 8 rings (SSSR count). The van der Waals surface area contributed by atoms with Gasteiger partial charge in [0.25, 0.3) is 0 Å². The fraction of sp³-hybridized carbons (Fsp3) is 0.0137. The first-order chi connectivity index (χ1) is 41.6. The summed E-state index contributed by atoms with van der Waals surface area (Å²) in [6, 6.07) is 67.3. The second-order valence-corrected chi connectivity index (χ2v) is 19.2. The number of nitrogens with zero attached hydrogens (tertiary/aromatic N) is 5. The van der Waals surface area contributed by atoms with Gasteiger partial charge in [0.2, 0.25) is 0 Å². The van der Waals surface area contributed by atoms with Gasteiger partial charge in [0.1, 0.15) is 46.6 Å². The molecule has 13 nitrogen and oxygen atoms in total. The first-order valence-electron chi connectivity index (χ1n) is 26.4. The minimum Gasteiger partial charge on any atom is -0.477 e. The summed E-state index contributed by atoms with van der Waals surface area (Å²) in [5.41, 5.74) is 12.2. The van der Waals surface area contributed by atoms with E-state index in [1.165, 1.54) is 29.9 Å². The summed E-state index contributed by atoms with van der Waals surface area (Å²) in [4.78, 5) is 48.6. The van der Waals surface area contributed by atoms with E-state index in [-0.39, 0.29) is 0 Å². The van der Waals surface area contributed by atoms with Crippen LogP contribution in [0, 0.1) is 52.2 Å². The zero-order chi connectivity index (χ0) is 61.1. The van der Waals surface area contributed by atoms with Crippen molar-refractivity contribution in [3.8, 4) is 24.3 Å². The molecule has 0 aromatic heterocycles. The number of anilines is 3. The zero-order valence-electron chi connectivity index (χ0n) is 45.9. The smallest absolute Gasteiger partial charge is 0.346 e. The topological polar surface area (TPSA) is 248 Å². The number of rotatable bonds is 20. The first-order valence-corrected chi connectivity index (χ1v) is 26.4. The average Bonchev–Trinajstić information content (AvgIpc) is 3.66. The molecule has 414 valence electrons. The highest BCUT2D eigenvalue weighted by molar-refractivity contribution is 6.00. The van der Waals surface area contributed by atoms with Crippen molar-refractivity contribution in [2.75, 3.05) is 4.90 Å². The maximum Gasteiger partial charge on any atom is 0.346 e. The summed E-state index contributed by atoms with van der Waals surface area (Å²) in [5.74, 6) is -5.38. The van der Waals surface area contributed by atoms with Crippen LogP contribution in [0.2, 0.25) is 0 Å². The Balaban J connectivity index is 1.19. The van der Waals surface area contributed by atoms with Gasteiger partial charge in [-0.3, -0.25) is 0 Å². The van der Waals surface area contributed by atoms with E-state index in [0.29, 0.717) is 22.3 Å². The number of hydrogen-bond donors (Lipinski definition) is 4. The van der Waals surface area contributed by atoms with E-state index in [2.05, 4.69) is 29.2 Å². The Morgan fingerprint density at radius 1 is 0.314 bits per heavy atom. The van der Waals surface area contributed by atoms with Crippen LogP contribution in [0.4, 0.5) is 17.1 Å².